The molecular weight excluding hydrogens is 1290 g/mol. The minimum atomic E-state index is -2.29. The van der Waals surface area contributed by atoms with Crippen molar-refractivity contribution in [3.63, 3.8) is 0 Å². The second-order valence-electron chi connectivity index (χ2n) is 30.1. The van der Waals surface area contributed by atoms with E-state index in [-0.39, 0.29) is 49.9 Å². The van der Waals surface area contributed by atoms with Gasteiger partial charge in [-0.1, -0.05) is 161 Å². The molecule has 0 bridgehead atoms. The molecule has 0 heterocycles. The molecule has 578 valence electrons. The molecule has 1 aromatic rings. The minimum absolute atomic E-state index is 0.0197. The lowest BCUT2D eigenvalue weighted by Crippen LogP contribution is -2.44. The number of hydrogen-bond donors (Lipinski definition) is 4. The Morgan fingerprint density at radius 2 is 0.646 bits per heavy atom. The molecule has 0 aliphatic heterocycles. The van der Waals surface area contributed by atoms with Gasteiger partial charge in [-0.2, -0.15) is 8.78 Å². The van der Waals surface area contributed by atoms with E-state index in [9.17, 15) is 60.3 Å². The zero-order valence-corrected chi connectivity index (χ0v) is 64.1. The Morgan fingerprint density at radius 3 is 0.919 bits per heavy atom. The highest BCUT2D eigenvalue weighted by molar-refractivity contribution is 5.85. The molecule has 0 aliphatic rings. The molecule has 0 aromatic heterocycles. The molecule has 0 saturated heterocycles. The lowest BCUT2D eigenvalue weighted by molar-refractivity contribution is -0.159. The number of carboxylic acids is 2. The Hall–Kier alpha value is -5.45. The summed E-state index contributed by atoms with van der Waals surface area (Å²) in [5.41, 5.74) is 3.34. The van der Waals surface area contributed by atoms with Gasteiger partial charge in [0.1, 0.15) is 34.5 Å². The maximum Gasteiger partial charge on any atom is 0.329 e. The average Bonchev–Trinajstić information content (AvgIpc) is 0.799. The number of amides is 1. The first-order valence-electron chi connectivity index (χ1n) is 36.8. The molecule has 0 saturated carbocycles. The van der Waals surface area contributed by atoms with Crippen molar-refractivity contribution < 1.29 is 94.2 Å². The Morgan fingerprint density at radius 1 is 0.384 bits per heavy atom. The number of nitrogens with two attached hydrogens (primary N) is 1. The molecule has 0 fully saturated rings. The fourth-order valence-corrected chi connectivity index (χ4v) is 10.2. The normalized spacial score (nSPS) is 12.3. The van der Waals surface area contributed by atoms with Crippen LogP contribution in [0.25, 0.3) is 0 Å². The van der Waals surface area contributed by atoms with Crippen molar-refractivity contribution in [2.24, 2.45) is 5.73 Å². The largest absolute Gasteiger partial charge is 0.481 e. The van der Waals surface area contributed by atoms with Crippen LogP contribution < -0.4 is 15.8 Å². The Kier molecular flexibility index (Phi) is 54.5. The summed E-state index contributed by atoms with van der Waals surface area (Å²) in [4.78, 5) is 94.4. The molecule has 0 unspecified atom stereocenters. The summed E-state index contributed by atoms with van der Waals surface area (Å²) >= 11 is 0. The number of carbonyl (C=O) groups excluding carboxylic acids is 6. The lowest BCUT2D eigenvalue weighted by atomic mass is 10.0. The van der Waals surface area contributed by atoms with Crippen LogP contribution in [0.2, 0.25) is 0 Å². The standard InChI is InChI=1S/C31H57NO7.C28H41F5O4.C9H17NO4.C8H19N/c1-30(2,3)38-28(36)22-20-18-16-14-12-10-8-7-9-11-13-15-17-19-21-26(33)32-25(23-24-27(34)35)29(37)39-31(4,5)6;1-28(2,3)37-21(35)19-17-15-13-11-9-7-5-4-6-8-10-12-14-16-18-20(34)36-27-25(32)23(30)22(29)24(31)26(27)33;1-9(2,3)14-8(13)6(10)4-5-7(11)12;1-6-9(7(2)3)8(4)5/h25H,7-24H2,1-6H3,(H,32,33)(H,34,35);4-19H2,1-3H3;6H,4-5,10H2,1-3H3,(H,11,12);7-8H,6H2,1-5H3/t25-;;6-;/m0.0./s1. The topological polar surface area (TPSA) is 264 Å². The third-order valence-corrected chi connectivity index (χ3v) is 15.0. The van der Waals surface area contributed by atoms with Gasteiger partial charge in [0.2, 0.25) is 40.7 Å². The van der Waals surface area contributed by atoms with Gasteiger partial charge in [-0.05, 0) is 156 Å². The molecule has 18 nitrogen and oxygen atoms in total. The third kappa shape index (κ3) is 59.9. The molecule has 1 aromatic carbocycles. The molecule has 0 aliphatic carbocycles. The quantitative estimate of drug-likeness (QED) is 0.00899. The van der Waals surface area contributed by atoms with Gasteiger partial charge in [-0.15, -0.1) is 0 Å². The number of hydrogen-bond acceptors (Lipinski definition) is 15. The van der Waals surface area contributed by atoms with Crippen LogP contribution in [-0.2, 0) is 57.3 Å². The minimum Gasteiger partial charge on any atom is -0.481 e. The number of nitrogens with zero attached hydrogens (tertiary/aromatic N) is 1. The predicted molar refractivity (Wildman–Crippen MR) is 379 cm³/mol. The number of unbranched alkanes of at least 4 members (excludes halogenated alkanes) is 26. The molecule has 99 heavy (non-hydrogen) atoms. The second-order valence-corrected chi connectivity index (χ2v) is 30.1. The molecule has 0 radical (unpaired) electrons. The number of halogens is 5. The first-order chi connectivity index (χ1) is 45.9. The van der Waals surface area contributed by atoms with Crippen LogP contribution >= 0.6 is 0 Å². The van der Waals surface area contributed by atoms with E-state index in [2.05, 4.69) is 49.6 Å². The summed E-state index contributed by atoms with van der Waals surface area (Å²) < 4.78 is 91.7. The van der Waals surface area contributed by atoms with Crippen molar-refractivity contribution in [3.05, 3.63) is 29.1 Å². The van der Waals surface area contributed by atoms with Crippen molar-refractivity contribution in [1.82, 2.24) is 10.2 Å². The molecule has 5 N–H and O–H groups in total. The van der Waals surface area contributed by atoms with Crippen molar-refractivity contribution in [1.29, 1.82) is 0 Å². The number of nitrogens with one attached hydrogen (secondary N) is 1. The van der Waals surface area contributed by atoms with Gasteiger partial charge in [-0.3, -0.25) is 38.5 Å². The number of esters is 5. The highest BCUT2D eigenvalue weighted by Crippen LogP contribution is 2.30. The molecular formula is C76H134F5N3O15. The smallest absolute Gasteiger partial charge is 0.329 e. The number of ether oxygens (including phenoxy) is 5. The zero-order valence-electron chi connectivity index (χ0n) is 64.1. The van der Waals surface area contributed by atoms with Gasteiger partial charge in [0.15, 0.2) is 0 Å². The third-order valence-electron chi connectivity index (χ3n) is 15.0. The SMILES string of the molecule is CC(C)(C)OC(=O)CCCCCCCCCCCCCCCCC(=O)N[C@@H](CCC(=O)O)C(=O)OC(C)(C)C.CC(C)(C)OC(=O)CCCCCCCCCCCCCCCCC(=O)Oc1c(F)c(F)c(F)c(F)c1F.CC(C)(C)OC(=O)[C@@H](N)CCC(=O)O.CCN(C(C)C)C(C)C. The summed E-state index contributed by atoms with van der Waals surface area (Å²) in [6.07, 6.45) is 31.2. The maximum absolute atomic E-state index is 13.5. The van der Waals surface area contributed by atoms with E-state index in [1.165, 1.54) is 89.9 Å². The molecule has 1 amide bonds. The van der Waals surface area contributed by atoms with Crippen LogP contribution in [0.4, 0.5) is 22.0 Å². The Balaban J connectivity index is -0.00000141. The van der Waals surface area contributed by atoms with Crippen LogP contribution in [0.3, 0.4) is 0 Å². The van der Waals surface area contributed by atoms with Crippen LogP contribution in [0, 0.1) is 29.1 Å². The van der Waals surface area contributed by atoms with Crippen molar-refractivity contribution in [2.75, 3.05) is 6.54 Å². The number of rotatable bonds is 47. The van der Waals surface area contributed by atoms with E-state index in [1.807, 2.05) is 41.5 Å². The van der Waals surface area contributed by atoms with E-state index in [0.717, 1.165) is 83.6 Å². The second kappa shape index (κ2) is 55.2. The van der Waals surface area contributed by atoms with Crippen LogP contribution in [0.5, 0.6) is 5.75 Å². The highest BCUT2D eigenvalue weighted by Gasteiger charge is 2.30. The number of carboxylic acid groups (broad SMARTS) is 2. The fourth-order valence-electron chi connectivity index (χ4n) is 10.2. The average molecular weight is 1420 g/mol. The summed E-state index contributed by atoms with van der Waals surface area (Å²) in [5.74, 6) is -17.1. The van der Waals surface area contributed by atoms with E-state index in [1.54, 1.807) is 41.5 Å². The van der Waals surface area contributed by atoms with E-state index in [0.29, 0.717) is 44.2 Å². The number of benzene rings is 1. The lowest BCUT2D eigenvalue weighted by Gasteiger charge is -2.28. The van der Waals surface area contributed by atoms with E-state index in [4.69, 9.17) is 34.9 Å². The van der Waals surface area contributed by atoms with Crippen LogP contribution in [0.15, 0.2) is 0 Å². The van der Waals surface area contributed by atoms with Crippen molar-refractivity contribution in [3.8, 4) is 5.75 Å². The van der Waals surface area contributed by atoms with E-state index < -0.39 is 99.2 Å². The van der Waals surface area contributed by atoms with Crippen molar-refractivity contribution in [2.45, 2.75) is 395 Å². The summed E-state index contributed by atoms with van der Waals surface area (Å²) in [6, 6.07) is -0.410. The van der Waals surface area contributed by atoms with Gasteiger partial charge in [0.05, 0.1) is 0 Å². The molecule has 2 atom stereocenters. The van der Waals surface area contributed by atoms with Gasteiger partial charge < -0.3 is 44.9 Å². The monoisotopic (exact) mass is 1420 g/mol. The Labute approximate surface area is 592 Å². The Bertz CT molecular complexity index is 2380. The molecule has 1 rings (SSSR count). The number of carbonyl (C=O) groups is 8. The molecule has 0 spiro atoms. The first kappa shape index (κ1) is 97.7. The maximum atomic E-state index is 13.5. The van der Waals surface area contributed by atoms with Gasteiger partial charge in [-0.25, -0.2) is 18.0 Å². The zero-order chi connectivity index (χ0) is 76.4. The predicted octanol–water partition coefficient (Wildman–Crippen LogP) is 18.8. The summed E-state index contributed by atoms with van der Waals surface area (Å²) in [7, 11) is 0. The van der Waals surface area contributed by atoms with Gasteiger partial charge in [0.25, 0.3) is 0 Å². The summed E-state index contributed by atoms with van der Waals surface area (Å²) in [5, 5.41) is 20.0. The summed E-state index contributed by atoms with van der Waals surface area (Å²) in [6.45, 7) is 34.1. The van der Waals surface area contributed by atoms with Gasteiger partial charge >= 0.3 is 41.8 Å². The first-order valence-corrected chi connectivity index (χ1v) is 36.8. The van der Waals surface area contributed by atoms with Crippen molar-refractivity contribution >= 4 is 47.7 Å². The van der Waals surface area contributed by atoms with Crippen LogP contribution in [0.1, 0.15) is 349 Å². The van der Waals surface area contributed by atoms with E-state index >= 15 is 0 Å². The van der Waals surface area contributed by atoms with Gasteiger partial charge in [0, 0.05) is 50.6 Å². The molecule has 23 heteroatoms. The van der Waals surface area contributed by atoms with Crippen LogP contribution in [-0.4, -0.2) is 116 Å². The fraction of sp³-hybridized carbons (Fsp3) is 0.816. The number of aliphatic carboxylic acids is 2. The highest BCUT2D eigenvalue weighted by atomic mass is 19.2.